The van der Waals surface area contributed by atoms with Gasteiger partial charge in [0, 0.05) is 29.2 Å². The van der Waals surface area contributed by atoms with E-state index < -0.39 is 17.7 Å². The van der Waals surface area contributed by atoms with Gasteiger partial charge in [-0.05, 0) is 72.9 Å². The third kappa shape index (κ3) is 4.22. The summed E-state index contributed by atoms with van der Waals surface area (Å²) in [5.41, 5.74) is 4.67. The van der Waals surface area contributed by atoms with Gasteiger partial charge in [-0.15, -0.1) is 0 Å². The number of rotatable bonds is 6. The number of benzene rings is 3. The summed E-state index contributed by atoms with van der Waals surface area (Å²) in [5.74, 6) is -0.886. The molecule has 1 fully saturated rings. The first kappa shape index (κ1) is 24.2. The number of aromatic nitrogens is 1. The normalized spacial score (nSPS) is 17.1. The van der Waals surface area contributed by atoms with Crippen molar-refractivity contribution in [3.05, 3.63) is 100 Å². The van der Waals surface area contributed by atoms with Gasteiger partial charge in [0.2, 0.25) is 0 Å². The summed E-state index contributed by atoms with van der Waals surface area (Å²) < 4.78 is 5.39. The average molecular weight is 497 g/mol. The SMILES string of the molecule is COc1cc(C)c(/C(O)=C2\C(=O)C(=O)N(CCc3c[nH]c4ccccc34)C2c2ccc(O)cc2)cc1C. The van der Waals surface area contributed by atoms with E-state index in [9.17, 15) is 19.8 Å². The maximum Gasteiger partial charge on any atom is 0.295 e. The van der Waals surface area contributed by atoms with Crippen molar-refractivity contribution in [3.8, 4) is 11.5 Å². The van der Waals surface area contributed by atoms with Crippen molar-refractivity contribution in [3.63, 3.8) is 0 Å². The number of amides is 1. The molecule has 7 heteroatoms. The van der Waals surface area contributed by atoms with Gasteiger partial charge in [0.15, 0.2) is 0 Å². The van der Waals surface area contributed by atoms with E-state index in [0.29, 0.717) is 23.3 Å². The number of aliphatic hydroxyl groups excluding tert-OH is 1. The number of nitrogens with zero attached hydrogens (tertiary/aromatic N) is 1. The molecular weight excluding hydrogens is 468 g/mol. The number of aromatic hydroxyl groups is 1. The number of H-pyrrole nitrogens is 1. The maximum absolute atomic E-state index is 13.4. The van der Waals surface area contributed by atoms with Crippen LogP contribution < -0.4 is 4.74 Å². The summed E-state index contributed by atoms with van der Waals surface area (Å²) in [7, 11) is 1.57. The number of phenols is 1. The molecule has 0 spiro atoms. The van der Waals surface area contributed by atoms with Crippen LogP contribution in [0.4, 0.5) is 0 Å². The quantitative estimate of drug-likeness (QED) is 0.194. The second-order valence-corrected chi connectivity index (χ2v) is 9.33. The summed E-state index contributed by atoms with van der Waals surface area (Å²) in [4.78, 5) is 31.5. The lowest BCUT2D eigenvalue weighted by molar-refractivity contribution is -0.139. The number of para-hydroxylation sites is 1. The largest absolute Gasteiger partial charge is 0.508 e. The molecule has 3 N–H and O–H groups in total. The topological polar surface area (TPSA) is 103 Å². The van der Waals surface area contributed by atoms with Crippen LogP contribution in [0, 0.1) is 13.8 Å². The Balaban J connectivity index is 1.59. The van der Waals surface area contributed by atoms with Crippen LogP contribution in [0.25, 0.3) is 16.7 Å². The molecule has 2 heterocycles. The predicted molar refractivity (Wildman–Crippen MR) is 142 cm³/mol. The lowest BCUT2D eigenvalue weighted by atomic mass is 9.93. The third-order valence-corrected chi connectivity index (χ3v) is 7.04. The minimum atomic E-state index is -0.799. The highest BCUT2D eigenvalue weighted by molar-refractivity contribution is 6.46. The van der Waals surface area contributed by atoms with Gasteiger partial charge in [-0.3, -0.25) is 9.59 Å². The van der Waals surface area contributed by atoms with Gasteiger partial charge >= 0.3 is 0 Å². The van der Waals surface area contributed by atoms with E-state index in [-0.39, 0.29) is 23.6 Å². The van der Waals surface area contributed by atoms with Gasteiger partial charge in [-0.25, -0.2) is 0 Å². The summed E-state index contributed by atoms with van der Waals surface area (Å²) in [5, 5.41) is 22.4. The van der Waals surface area contributed by atoms with E-state index in [0.717, 1.165) is 27.6 Å². The Morgan fingerprint density at radius 3 is 2.49 bits per heavy atom. The zero-order valence-electron chi connectivity index (χ0n) is 20.9. The standard InChI is InChI=1S/C30H28N2O5/c1-17-15-25(37-3)18(2)14-23(17)28(34)26-27(19-8-10-21(33)11-9-19)32(30(36)29(26)35)13-12-20-16-31-24-7-5-4-6-22(20)24/h4-11,14-16,27,31,33-34H,12-13H2,1-3H3/b28-26+. The van der Waals surface area contributed by atoms with Gasteiger partial charge in [0.05, 0.1) is 18.7 Å². The fourth-order valence-corrected chi connectivity index (χ4v) is 5.10. The zero-order valence-corrected chi connectivity index (χ0v) is 20.9. The van der Waals surface area contributed by atoms with Gasteiger partial charge in [0.25, 0.3) is 11.7 Å². The first-order chi connectivity index (χ1) is 17.8. The molecule has 37 heavy (non-hydrogen) atoms. The fourth-order valence-electron chi connectivity index (χ4n) is 5.10. The molecule has 1 atom stereocenters. The van der Waals surface area contributed by atoms with E-state index in [4.69, 9.17) is 4.74 Å². The van der Waals surface area contributed by atoms with Crippen LogP contribution in [0.2, 0.25) is 0 Å². The number of aryl methyl sites for hydroxylation is 2. The Bertz CT molecular complexity index is 1550. The smallest absolute Gasteiger partial charge is 0.295 e. The molecule has 0 saturated carbocycles. The number of nitrogens with one attached hydrogen (secondary N) is 1. The number of ether oxygens (including phenoxy) is 1. The van der Waals surface area contributed by atoms with Gasteiger partial charge in [-0.1, -0.05) is 30.3 Å². The zero-order chi connectivity index (χ0) is 26.3. The van der Waals surface area contributed by atoms with Crippen LogP contribution in [0.1, 0.15) is 33.9 Å². The number of hydrogen-bond donors (Lipinski definition) is 3. The van der Waals surface area contributed by atoms with Crippen LogP contribution in [-0.2, 0) is 16.0 Å². The molecule has 4 aromatic rings. The molecule has 188 valence electrons. The summed E-state index contributed by atoms with van der Waals surface area (Å²) >= 11 is 0. The van der Waals surface area contributed by atoms with E-state index in [2.05, 4.69) is 4.98 Å². The molecule has 0 bridgehead atoms. The molecule has 1 saturated heterocycles. The highest BCUT2D eigenvalue weighted by atomic mass is 16.5. The molecule has 1 aromatic heterocycles. The first-order valence-electron chi connectivity index (χ1n) is 12.1. The Kier molecular flexibility index (Phi) is 6.21. The van der Waals surface area contributed by atoms with Crippen LogP contribution >= 0.6 is 0 Å². The predicted octanol–water partition coefficient (Wildman–Crippen LogP) is 5.16. The monoisotopic (exact) mass is 496 g/mol. The molecule has 1 amide bonds. The van der Waals surface area contributed by atoms with Crippen LogP contribution in [0.5, 0.6) is 11.5 Å². The lowest BCUT2D eigenvalue weighted by Gasteiger charge is -2.25. The van der Waals surface area contributed by atoms with Crippen molar-refractivity contribution in [1.82, 2.24) is 9.88 Å². The van der Waals surface area contributed by atoms with Crippen molar-refractivity contribution in [2.24, 2.45) is 0 Å². The molecule has 0 radical (unpaired) electrons. The maximum atomic E-state index is 13.4. The minimum Gasteiger partial charge on any atom is -0.508 e. The van der Waals surface area contributed by atoms with Crippen molar-refractivity contribution in [1.29, 1.82) is 0 Å². The van der Waals surface area contributed by atoms with Crippen LogP contribution in [0.15, 0.2) is 72.4 Å². The van der Waals surface area contributed by atoms with Gasteiger partial charge in [0.1, 0.15) is 17.3 Å². The van der Waals surface area contributed by atoms with Crippen molar-refractivity contribution < 1.29 is 24.5 Å². The Hall–Kier alpha value is -4.52. The van der Waals surface area contributed by atoms with E-state index in [1.165, 1.54) is 17.0 Å². The van der Waals surface area contributed by atoms with Crippen molar-refractivity contribution in [2.75, 3.05) is 13.7 Å². The number of Topliss-reactive ketones (excluding diaryl/α,β-unsaturated/α-hetero) is 1. The molecule has 1 aliphatic rings. The summed E-state index contributed by atoms with van der Waals surface area (Å²) in [6.07, 6.45) is 2.44. The number of carbonyl (C=O) groups is 2. The number of likely N-dealkylation sites (tertiary alicyclic amines) is 1. The summed E-state index contributed by atoms with van der Waals surface area (Å²) in [6, 6.07) is 17.0. The highest BCUT2D eigenvalue weighted by Gasteiger charge is 2.46. The first-order valence-corrected chi connectivity index (χ1v) is 12.1. The number of aromatic amines is 1. The Labute approximate surface area is 214 Å². The average Bonchev–Trinajstić information content (AvgIpc) is 3.42. The van der Waals surface area contributed by atoms with Crippen LogP contribution in [0.3, 0.4) is 0 Å². The second-order valence-electron chi connectivity index (χ2n) is 9.33. The number of methoxy groups -OCH3 is 1. The number of ketones is 1. The molecule has 5 rings (SSSR count). The number of phenolic OH excluding ortho intramolecular Hbond substituents is 1. The Morgan fingerprint density at radius 1 is 1.03 bits per heavy atom. The molecule has 0 aliphatic carbocycles. The molecule has 7 nitrogen and oxygen atoms in total. The number of fused-ring (bicyclic) bond motifs is 1. The summed E-state index contributed by atoms with van der Waals surface area (Å²) in [6.45, 7) is 3.95. The minimum absolute atomic E-state index is 0.0299. The van der Waals surface area contributed by atoms with E-state index >= 15 is 0 Å². The molecule has 1 aliphatic heterocycles. The third-order valence-electron chi connectivity index (χ3n) is 7.04. The second kappa shape index (κ2) is 9.50. The molecule has 1 unspecified atom stereocenters. The number of hydrogen-bond acceptors (Lipinski definition) is 5. The molecular formula is C30H28N2O5. The number of aliphatic hydroxyl groups is 1. The Morgan fingerprint density at radius 2 is 1.76 bits per heavy atom. The van der Waals surface area contributed by atoms with Crippen LogP contribution in [-0.4, -0.2) is 45.4 Å². The van der Waals surface area contributed by atoms with Crippen molar-refractivity contribution >= 4 is 28.4 Å². The van der Waals surface area contributed by atoms with E-state index in [1.807, 2.05) is 44.3 Å². The highest BCUT2D eigenvalue weighted by Crippen LogP contribution is 2.41. The van der Waals surface area contributed by atoms with Crippen molar-refractivity contribution in [2.45, 2.75) is 26.3 Å². The van der Waals surface area contributed by atoms with E-state index in [1.54, 1.807) is 31.4 Å². The molecule has 3 aromatic carbocycles. The lowest BCUT2D eigenvalue weighted by Crippen LogP contribution is -2.31. The van der Waals surface area contributed by atoms with Gasteiger partial charge < -0.3 is 24.8 Å². The van der Waals surface area contributed by atoms with Gasteiger partial charge in [-0.2, -0.15) is 0 Å². The fraction of sp³-hybridized carbons (Fsp3) is 0.200. The number of carbonyl (C=O) groups excluding carboxylic acids is 2.